The molecule has 0 radical (unpaired) electrons. The van der Waals surface area contributed by atoms with Crippen LogP contribution >= 0.6 is 0 Å². The number of quaternary nitrogens is 1. The van der Waals surface area contributed by atoms with Crippen molar-refractivity contribution in [3.8, 4) is 11.1 Å². The summed E-state index contributed by atoms with van der Waals surface area (Å²) >= 11 is 0. The van der Waals surface area contributed by atoms with Gasteiger partial charge in [-0.25, -0.2) is 0 Å². The number of hydrogen-bond donors (Lipinski definition) is 1. The zero-order chi connectivity index (χ0) is 14.3. The Kier molecular flexibility index (Phi) is 5.07. The van der Waals surface area contributed by atoms with Crippen LogP contribution in [0.4, 0.5) is 0 Å². The van der Waals surface area contributed by atoms with Crippen LogP contribution < -0.4 is 4.90 Å². The van der Waals surface area contributed by atoms with E-state index in [0.717, 1.165) is 0 Å². The fourth-order valence-corrected chi connectivity index (χ4v) is 3.32. The predicted molar refractivity (Wildman–Crippen MR) is 89.4 cm³/mol. The van der Waals surface area contributed by atoms with E-state index in [1.165, 1.54) is 68.4 Å². The summed E-state index contributed by atoms with van der Waals surface area (Å²) in [6.45, 7) is 3.88. The molecule has 0 aromatic heterocycles. The maximum atomic E-state index is 2.31. The number of likely N-dealkylation sites (tertiary alicyclic amines) is 1. The summed E-state index contributed by atoms with van der Waals surface area (Å²) in [5.41, 5.74) is 4.11. The molecule has 1 heterocycles. The largest absolute Gasteiger partial charge is 0.331 e. The van der Waals surface area contributed by atoms with E-state index < -0.39 is 0 Å². The van der Waals surface area contributed by atoms with Crippen molar-refractivity contribution in [2.75, 3.05) is 13.1 Å². The second-order valence-electron chi connectivity index (χ2n) is 6.26. The third kappa shape index (κ3) is 4.18. The highest BCUT2D eigenvalue weighted by Gasteiger charge is 2.11. The van der Waals surface area contributed by atoms with Crippen molar-refractivity contribution >= 4 is 0 Å². The van der Waals surface area contributed by atoms with Crippen LogP contribution in [0.25, 0.3) is 11.1 Å². The monoisotopic (exact) mass is 280 g/mol. The molecule has 0 atom stereocenters. The molecule has 1 heteroatoms. The lowest BCUT2D eigenvalue weighted by Gasteiger charge is -2.21. The van der Waals surface area contributed by atoms with E-state index in [1.807, 2.05) is 0 Å². The van der Waals surface area contributed by atoms with Gasteiger partial charge in [-0.15, -0.1) is 0 Å². The topological polar surface area (TPSA) is 4.44 Å². The van der Waals surface area contributed by atoms with Gasteiger partial charge in [-0.05, 0) is 36.8 Å². The van der Waals surface area contributed by atoms with Crippen molar-refractivity contribution in [3.63, 3.8) is 0 Å². The Bertz CT molecular complexity index is 522. The number of hydrogen-bond acceptors (Lipinski definition) is 0. The van der Waals surface area contributed by atoms with E-state index in [2.05, 4.69) is 54.6 Å². The van der Waals surface area contributed by atoms with E-state index in [-0.39, 0.29) is 0 Å². The average molecular weight is 280 g/mol. The maximum Gasteiger partial charge on any atom is 0.103 e. The van der Waals surface area contributed by atoms with Gasteiger partial charge in [-0.1, -0.05) is 61.0 Å². The molecule has 21 heavy (non-hydrogen) atoms. The molecule has 2 aromatic carbocycles. The zero-order valence-electron chi connectivity index (χ0n) is 12.9. The lowest BCUT2D eigenvalue weighted by atomic mass is 10.0. The molecule has 1 nitrogen and oxygen atoms in total. The molecular weight excluding hydrogens is 254 g/mol. The molecule has 1 N–H and O–H groups in total. The third-order valence-electron chi connectivity index (χ3n) is 4.58. The molecule has 0 spiro atoms. The molecule has 0 saturated carbocycles. The minimum absolute atomic E-state index is 1.19. The molecule has 1 aliphatic rings. The standard InChI is InChI=1S/C20H25N/c1-2-7-15-21(16-8-3-1)17-18-11-13-20(14-12-18)19-9-5-4-6-10-19/h4-6,9-14H,1-3,7-8,15-17H2/p+1. The molecule has 0 unspecified atom stereocenters. The van der Waals surface area contributed by atoms with E-state index in [0.29, 0.717) is 0 Å². The van der Waals surface area contributed by atoms with Crippen LogP contribution in [0.15, 0.2) is 54.6 Å². The van der Waals surface area contributed by atoms with E-state index in [9.17, 15) is 0 Å². The fraction of sp³-hybridized carbons (Fsp3) is 0.400. The fourth-order valence-electron chi connectivity index (χ4n) is 3.32. The molecule has 2 aromatic rings. The summed E-state index contributed by atoms with van der Waals surface area (Å²) in [7, 11) is 0. The van der Waals surface area contributed by atoms with Gasteiger partial charge in [0.25, 0.3) is 0 Å². The van der Waals surface area contributed by atoms with Crippen molar-refractivity contribution in [3.05, 3.63) is 60.2 Å². The van der Waals surface area contributed by atoms with E-state index in [1.54, 1.807) is 4.90 Å². The quantitative estimate of drug-likeness (QED) is 0.874. The molecule has 1 fully saturated rings. The molecule has 0 bridgehead atoms. The Morgan fingerprint density at radius 1 is 0.619 bits per heavy atom. The molecule has 0 aliphatic carbocycles. The van der Waals surface area contributed by atoms with Crippen LogP contribution in [-0.4, -0.2) is 13.1 Å². The molecule has 1 saturated heterocycles. The van der Waals surface area contributed by atoms with Crippen LogP contribution in [0.5, 0.6) is 0 Å². The maximum absolute atomic E-state index is 2.31. The van der Waals surface area contributed by atoms with E-state index in [4.69, 9.17) is 0 Å². The Labute approximate surface area is 128 Å². The summed E-state index contributed by atoms with van der Waals surface area (Å²) in [6.07, 6.45) is 7.10. The Balaban J connectivity index is 1.64. The first-order valence-electron chi connectivity index (χ1n) is 8.40. The first kappa shape index (κ1) is 14.3. The molecule has 110 valence electrons. The minimum atomic E-state index is 1.19. The normalized spacial score (nSPS) is 17.1. The van der Waals surface area contributed by atoms with Gasteiger partial charge in [-0.3, -0.25) is 0 Å². The van der Waals surface area contributed by atoms with Gasteiger partial charge in [0.15, 0.2) is 0 Å². The first-order chi connectivity index (χ1) is 10.4. The van der Waals surface area contributed by atoms with Crippen LogP contribution in [-0.2, 0) is 6.54 Å². The van der Waals surface area contributed by atoms with Gasteiger partial charge < -0.3 is 4.90 Å². The van der Waals surface area contributed by atoms with Crippen molar-refractivity contribution in [1.82, 2.24) is 0 Å². The second-order valence-corrected chi connectivity index (χ2v) is 6.26. The Morgan fingerprint density at radius 3 is 1.86 bits per heavy atom. The van der Waals surface area contributed by atoms with E-state index >= 15 is 0 Å². The van der Waals surface area contributed by atoms with Crippen molar-refractivity contribution < 1.29 is 4.90 Å². The van der Waals surface area contributed by atoms with Crippen LogP contribution in [0.1, 0.15) is 37.7 Å². The summed E-state index contributed by atoms with van der Waals surface area (Å²) in [6, 6.07) is 19.8. The molecule has 3 rings (SSSR count). The lowest BCUT2D eigenvalue weighted by Crippen LogP contribution is -3.10. The Hall–Kier alpha value is -1.60. The molecule has 1 aliphatic heterocycles. The van der Waals surface area contributed by atoms with Crippen molar-refractivity contribution in [1.29, 1.82) is 0 Å². The predicted octanol–water partition coefficient (Wildman–Crippen LogP) is 3.70. The van der Waals surface area contributed by atoms with Crippen LogP contribution in [0, 0.1) is 0 Å². The van der Waals surface area contributed by atoms with Gasteiger partial charge >= 0.3 is 0 Å². The lowest BCUT2D eigenvalue weighted by molar-refractivity contribution is -0.914. The Morgan fingerprint density at radius 2 is 1.19 bits per heavy atom. The van der Waals surface area contributed by atoms with Crippen molar-refractivity contribution in [2.45, 2.75) is 38.6 Å². The van der Waals surface area contributed by atoms with Crippen LogP contribution in [0.3, 0.4) is 0 Å². The second kappa shape index (κ2) is 7.42. The molecule has 0 amide bonds. The highest BCUT2D eigenvalue weighted by molar-refractivity contribution is 5.63. The van der Waals surface area contributed by atoms with Gasteiger partial charge in [0.2, 0.25) is 0 Å². The minimum Gasteiger partial charge on any atom is -0.331 e. The number of benzene rings is 2. The third-order valence-corrected chi connectivity index (χ3v) is 4.58. The number of nitrogens with one attached hydrogen (secondary N) is 1. The molecular formula is C20H26N+. The van der Waals surface area contributed by atoms with Gasteiger partial charge in [0, 0.05) is 5.56 Å². The smallest absolute Gasteiger partial charge is 0.103 e. The number of rotatable bonds is 3. The van der Waals surface area contributed by atoms with Crippen LogP contribution in [0.2, 0.25) is 0 Å². The summed E-state index contributed by atoms with van der Waals surface area (Å²) in [5.74, 6) is 0. The summed E-state index contributed by atoms with van der Waals surface area (Å²) in [4.78, 5) is 1.77. The van der Waals surface area contributed by atoms with Crippen molar-refractivity contribution in [2.24, 2.45) is 0 Å². The highest BCUT2D eigenvalue weighted by atomic mass is 15.1. The van der Waals surface area contributed by atoms with Gasteiger partial charge in [0.1, 0.15) is 6.54 Å². The SMILES string of the molecule is c1ccc(-c2ccc(C[NH+]3CCCCCCC3)cc2)cc1. The van der Waals surface area contributed by atoms with Gasteiger partial charge in [-0.2, -0.15) is 0 Å². The summed E-state index contributed by atoms with van der Waals surface area (Å²) < 4.78 is 0. The van der Waals surface area contributed by atoms with Gasteiger partial charge in [0.05, 0.1) is 13.1 Å². The highest BCUT2D eigenvalue weighted by Crippen LogP contribution is 2.19. The average Bonchev–Trinajstić information content (AvgIpc) is 2.51. The zero-order valence-corrected chi connectivity index (χ0v) is 12.9. The first-order valence-corrected chi connectivity index (χ1v) is 8.40. The summed E-state index contributed by atoms with van der Waals surface area (Å²) in [5, 5.41) is 0.